The highest BCUT2D eigenvalue weighted by Gasteiger charge is 2.23. The lowest BCUT2D eigenvalue weighted by Gasteiger charge is -2.37. The monoisotopic (exact) mass is 364 g/mol. The fourth-order valence-corrected chi connectivity index (χ4v) is 3.68. The van der Waals surface area contributed by atoms with Gasteiger partial charge in [0, 0.05) is 18.3 Å². The maximum Gasteiger partial charge on any atom is 0.173 e. The molecule has 0 amide bonds. The molecule has 0 radical (unpaired) electrons. The molecule has 1 saturated heterocycles. The maximum absolute atomic E-state index is 6.05. The highest BCUT2D eigenvalue weighted by atomic mass is 35.5. The van der Waals surface area contributed by atoms with Gasteiger partial charge in [0.05, 0.1) is 15.1 Å². The molecule has 1 aromatic rings. The van der Waals surface area contributed by atoms with E-state index < -0.39 is 0 Å². The third-order valence-electron chi connectivity index (χ3n) is 3.74. The second-order valence-corrected chi connectivity index (χ2v) is 6.89. The number of rotatable bonds is 3. The van der Waals surface area contributed by atoms with Crippen LogP contribution in [0.4, 0.5) is 5.69 Å². The molecule has 21 heavy (non-hydrogen) atoms. The average molecular weight is 366 g/mol. The number of anilines is 1. The minimum Gasteiger partial charge on any atom is -0.346 e. The fraction of sp³-hybridized carbons (Fsp3) is 0.533. The van der Waals surface area contributed by atoms with Gasteiger partial charge in [-0.3, -0.25) is 0 Å². The van der Waals surface area contributed by atoms with Crippen LogP contribution in [0.2, 0.25) is 15.1 Å². The molecule has 0 aromatic heterocycles. The summed E-state index contributed by atoms with van der Waals surface area (Å²) >= 11 is 23.6. The van der Waals surface area contributed by atoms with Crippen LogP contribution in [0.1, 0.15) is 39.0 Å². The van der Waals surface area contributed by atoms with Gasteiger partial charge in [-0.1, -0.05) is 48.1 Å². The number of hydrogen-bond acceptors (Lipinski definition) is 1. The number of nitrogens with zero attached hydrogens (tertiary/aromatic N) is 1. The molecule has 1 aliphatic rings. The number of benzene rings is 1. The molecule has 6 heteroatoms. The number of piperidine rings is 1. The Morgan fingerprint density at radius 1 is 1.29 bits per heavy atom. The van der Waals surface area contributed by atoms with E-state index in [1.807, 2.05) is 0 Å². The van der Waals surface area contributed by atoms with Crippen LogP contribution in [0.25, 0.3) is 0 Å². The van der Waals surface area contributed by atoms with Crippen LogP contribution < -0.4 is 5.32 Å². The Morgan fingerprint density at radius 2 is 1.95 bits per heavy atom. The fourth-order valence-electron chi connectivity index (χ4n) is 2.72. The summed E-state index contributed by atoms with van der Waals surface area (Å²) < 4.78 is 0. The lowest BCUT2D eigenvalue weighted by Crippen LogP contribution is -2.45. The molecule has 0 spiro atoms. The second-order valence-electron chi connectivity index (χ2n) is 5.32. The van der Waals surface area contributed by atoms with Crippen molar-refractivity contribution in [3.8, 4) is 0 Å². The van der Waals surface area contributed by atoms with E-state index in [4.69, 9.17) is 47.0 Å². The van der Waals surface area contributed by atoms with Gasteiger partial charge < -0.3 is 10.2 Å². The van der Waals surface area contributed by atoms with Crippen LogP contribution in [-0.4, -0.2) is 22.6 Å². The Balaban J connectivity index is 2.09. The van der Waals surface area contributed by atoms with Crippen LogP contribution in [0, 0.1) is 0 Å². The first kappa shape index (κ1) is 17.1. The van der Waals surface area contributed by atoms with Gasteiger partial charge >= 0.3 is 0 Å². The van der Waals surface area contributed by atoms with Crippen LogP contribution in [-0.2, 0) is 0 Å². The first-order valence-electron chi connectivity index (χ1n) is 7.25. The van der Waals surface area contributed by atoms with E-state index in [9.17, 15) is 0 Å². The summed E-state index contributed by atoms with van der Waals surface area (Å²) in [5.74, 6) is 0. The summed E-state index contributed by atoms with van der Waals surface area (Å²) in [4.78, 5) is 2.29. The Hall–Kier alpha value is -0.220. The van der Waals surface area contributed by atoms with Gasteiger partial charge in [0.1, 0.15) is 0 Å². The lowest BCUT2D eigenvalue weighted by atomic mass is 9.99. The Kier molecular flexibility index (Phi) is 6.42. The van der Waals surface area contributed by atoms with Crippen molar-refractivity contribution in [2.45, 2.75) is 45.1 Å². The molecular formula is C15H19Cl3N2S. The summed E-state index contributed by atoms with van der Waals surface area (Å²) in [5, 5.41) is 5.21. The van der Waals surface area contributed by atoms with Gasteiger partial charge in [0.25, 0.3) is 0 Å². The molecule has 1 N–H and O–H groups in total. The van der Waals surface area contributed by atoms with Crippen LogP contribution in [0.5, 0.6) is 0 Å². The third kappa shape index (κ3) is 4.38. The number of nitrogens with one attached hydrogen (secondary N) is 1. The number of hydrogen-bond donors (Lipinski definition) is 1. The summed E-state index contributed by atoms with van der Waals surface area (Å²) in [6, 6.07) is 4.03. The van der Waals surface area contributed by atoms with Crippen molar-refractivity contribution in [2.75, 3.05) is 11.9 Å². The van der Waals surface area contributed by atoms with E-state index in [0.717, 1.165) is 17.3 Å². The largest absolute Gasteiger partial charge is 0.346 e. The summed E-state index contributed by atoms with van der Waals surface area (Å²) in [7, 11) is 0. The molecule has 1 aliphatic heterocycles. The molecule has 1 fully saturated rings. The minimum absolute atomic E-state index is 0.372. The predicted octanol–water partition coefficient (Wildman–Crippen LogP) is 6.00. The topological polar surface area (TPSA) is 15.3 Å². The zero-order chi connectivity index (χ0) is 15.4. The van der Waals surface area contributed by atoms with E-state index in [0.29, 0.717) is 21.1 Å². The molecular weight excluding hydrogens is 347 g/mol. The first-order chi connectivity index (χ1) is 10.0. The molecule has 0 aliphatic carbocycles. The molecule has 1 heterocycles. The van der Waals surface area contributed by atoms with Gasteiger partial charge in [-0.15, -0.1) is 0 Å². The van der Waals surface area contributed by atoms with E-state index in [2.05, 4.69) is 17.1 Å². The van der Waals surface area contributed by atoms with Gasteiger partial charge in [-0.2, -0.15) is 0 Å². The Bertz CT molecular complexity index is 497. The lowest BCUT2D eigenvalue weighted by molar-refractivity contribution is 0.232. The van der Waals surface area contributed by atoms with Gasteiger partial charge in [0.2, 0.25) is 0 Å². The molecule has 2 rings (SSSR count). The highest BCUT2D eigenvalue weighted by Crippen LogP contribution is 2.33. The van der Waals surface area contributed by atoms with Crippen molar-refractivity contribution >= 4 is 57.8 Å². The van der Waals surface area contributed by atoms with E-state index in [-0.39, 0.29) is 0 Å². The summed E-state index contributed by atoms with van der Waals surface area (Å²) in [6.07, 6.45) is 6.01. The van der Waals surface area contributed by atoms with Crippen LogP contribution in [0.15, 0.2) is 12.1 Å². The molecule has 0 bridgehead atoms. The summed E-state index contributed by atoms with van der Waals surface area (Å²) in [5.41, 5.74) is 0.778. The predicted molar refractivity (Wildman–Crippen MR) is 96.9 cm³/mol. The molecule has 0 saturated carbocycles. The standard InChI is InChI=1S/C15H19Cl3N2S/c1-2-5-11-6-3-4-7-20(11)15(21)19-10-8-12(16)14(18)13(17)9-10/h8-9,11H,2-7H2,1H3,(H,19,21). The number of thiocarbonyl (C=S) groups is 1. The number of halogens is 3. The molecule has 1 aromatic carbocycles. The smallest absolute Gasteiger partial charge is 0.173 e. The average Bonchev–Trinajstić information content (AvgIpc) is 2.45. The van der Waals surface area contributed by atoms with E-state index in [1.54, 1.807) is 12.1 Å². The van der Waals surface area contributed by atoms with Gasteiger partial charge in [-0.25, -0.2) is 0 Å². The quantitative estimate of drug-likeness (QED) is 0.522. The van der Waals surface area contributed by atoms with Crippen molar-refractivity contribution in [1.82, 2.24) is 4.90 Å². The van der Waals surface area contributed by atoms with Crippen molar-refractivity contribution in [1.29, 1.82) is 0 Å². The van der Waals surface area contributed by atoms with E-state index in [1.165, 1.54) is 32.1 Å². The summed E-state index contributed by atoms with van der Waals surface area (Å²) in [6.45, 7) is 3.22. The van der Waals surface area contributed by atoms with E-state index >= 15 is 0 Å². The third-order valence-corrected chi connectivity index (χ3v) is 5.28. The number of likely N-dealkylation sites (tertiary alicyclic amines) is 1. The Labute approximate surface area is 146 Å². The van der Waals surface area contributed by atoms with Crippen molar-refractivity contribution < 1.29 is 0 Å². The van der Waals surface area contributed by atoms with Gasteiger partial charge in [0.15, 0.2) is 5.11 Å². The molecule has 1 atom stereocenters. The SMILES string of the molecule is CCCC1CCCCN1C(=S)Nc1cc(Cl)c(Cl)c(Cl)c1. The first-order valence-corrected chi connectivity index (χ1v) is 8.79. The molecule has 1 unspecified atom stereocenters. The minimum atomic E-state index is 0.372. The molecule has 2 nitrogen and oxygen atoms in total. The normalized spacial score (nSPS) is 18.7. The Morgan fingerprint density at radius 3 is 2.57 bits per heavy atom. The zero-order valence-electron chi connectivity index (χ0n) is 12.0. The van der Waals surface area contributed by atoms with Crippen molar-refractivity contribution in [3.05, 3.63) is 27.2 Å². The van der Waals surface area contributed by atoms with Crippen LogP contribution in [0.3, 0.4) is 0 Å². The van der Waals surface area contributed by atoms with Crippen molar-refractivity contribution in [3.63, 3.8) is 0 Å². The maximum atomic E-state index is 6.05. The zero-order valence-corrected chi connectivity index (χ0v) is 15.0. The van der Waals surface area contributed by atoms with Crippen molar-refractivity contribution in [2.24, 2.45) is 0 Å². The second kappa shape index (κ2) is 7.87. The van der Waals surface area contributed by atoms with Crippen LogP contribution >= 0.6 is 47.0 Å². The van der Waals surface area contributed by atoms with Gasteiger partial charge in [-0.05, 0) is 50.0 Å². The highest BCUT2D eigenvalue weighted by molar-refractivity contribution is 7.80. The molecule has 116 valence electrons.